The van der Waals surface area contributed by atoms with Crippen LogP contribution in [-0.4, -0.2) is 19.9 Å². The molecule has 0 fully saturated rings. The molecule has 0 spiro atoms. The van der Waals surface area contributed by atoms with Gasteiger partial charge in [0.05, 0.1) is 13.3 Å². The molecular formula is C10H22N2O. The van der Waals surface area contributed by atoms with Gasteiger partial charge in [-0.15, -0.1) is 0 Å². The molecule has 13 heavy (non-hydrogen) atoms. The second-order valence-electron chi connectivity index (χ2n) is 3.97. The van der Waals surface area contributed by atoms with E-state index in [0.29, 0.717) is 19.1 Å². The van der Waals surface area contributed by atoms with E-state index >= 15 is 0 Å². The van der Waals surface area contributed by atoms with Crippen LogP contribution in [0.1, 0.15) is 20.8 Å². The second-order valence-corrected chi connectivity index (χ2v) is 3.97. The highest BCUT2D eigenvalue weighted by atomic mass is 16.5. The molecule has 0 rings (SSSR count). The van der Waals surface area contributed by atoms with Crippen molar-refractivity contribution in [2.75, 3.05) is 19.9 Å². The fourth-order valence-corrected chi connectivity index (χ4v) is 1.06. The highest BCUT2D eigenvalue weighted by Crippen LogP contribution is 2.33. The van der Waals surface area contributed by atoms with Gasteiger partial charge in [-0.25, -0.2) is 0 Å². The molecule has 0 aromatic rings. The third-order valence-corrected chi connectivity index (χ3v) is 2.88. The zero-order valence-corrected chi connectivity index (χ0v) is 8.97. The van der Waals surface area contributed by atoms with Gasteiger partial charge in [-0.2, -0.15) is 0 Å². The summed E-state index contributed by atoms with van der Waals surface area (Å²) in [6.45, 7) is 11.8. The second kappa shape index (κ2) is 5.37. The minimum atomic E-state index is 0.0178. The minimum Gasteiger partial charge on any atom is -0.366 e. The van der Waals surface area contributed by atoms with E-state index in [0.717, 1.165) is 5.57 Å². The topological polar surface area (TPSA) is 61.3 Å². The molecule has 0 aliphatic heterocycles. The van der Waals surface area contributed by atoms with Gasteiger partial charge in [-0.05, 0) is 11.3 Å². The summed E-state index contributed by atoms with van der Waals surface area (Å²) in [5.74, 6) is 0.382. The summed E-state index contributed by atoms with van der Waals surface area (Å²) >= 11 is 0. The van der Waals surface area contributed by atoms with E-state index in [2.05, 4.69) is 27.4 Å². The summed E-state index contributed by atoms with van der Waals surface area (Å²) in [4.78, 5) is 0. The molecule has 0 aliphatic carbocycles. The van der Waals surface area contributed by atoms with Gasteiger partial charge in [0.2, 0.25) is 0 Å². The molecule has 3 nitrogen and oxygen atoms in total. The average Bonchev–Trinajstić information content (AvgIpc) is 2.12. The van der Waals surface area contributed by atoms with Crippen LogP contribution in [0.4, 0.5) is 0 Å². The van der Waals surface area contributed by atoms with Crippen LogP contribution in [0.3, 0.4) is 0 Å². The maximum Gasteiger partial charge on any atom is 0.0940 e. The molecule has 0 unspecified atom stereocenters. The minimum absolute atomic E-state index is 0.0178. The lowest BCUT2D eigenvalue weighted by Crippen LogP contribution is -2.31. The Bertz CT molecular complexity index is 166. The van der Waals surface area contributed by atoms with E-state index in [9.17, 15) is 0 Å². The maximum absolute atomic E-state index is 5.56. The van der Waals surface area contributed by atoms with Crippen molar-refractivity contribution in [2.45, 2.75) is 20.8 Å². The molecule has 4 N–H and O–H groups in total. The Kier molecular flexibility index (Phi) is 5.21. The van der Waals surface area contributed by atoms with Crippen molar-refractivity contribution in [1.29, 1.82) is 0 Å². The number of rotatable bonds is 6. The fraction of sp³-hybridized carbons (Fsp3) is 0.800. The molecule has 0 radical (unpaired) electrons. The summed E-state index contributed by atoms with van der Waals surface area (Å²) in [6, 6.07) is 0. The van der Waals surface area contributed by atoms with Gasteiger partial charge < -0.3 is 16.2 Å². The van der Waals surface area contributed by atoms with Crippen molar-refractivity contribution in [3.63, 3.8) is 0 Å². The Balaban J connectivity index is 4.17. The molecule has 0 aromatic heterocycles. The fourth-order valence-electron chi connectivity index (χ4n) is 1.06. The lowest BCUT2D eigenvalue weighted by Gasteiger charge is -2.33. The van der Waals surface area contributed by atoms with Crippen LogP contribution in [0.25, 0.3) is 0 Å². The highest BCUT2D eigenvalue weighted by Gasteiger charge is 2.27. The molecule has 0 amide bonds. The first kappa shape index (κ1) is 12.6. The zero-order valence-electron chi connectivity index (χ0n) is 8.97. The first-order chi connectivity index (χ1) is 5.96. The largest absolute Gasteiger partial charge is 0.366 e. The molecule has 0 heterocycles. The standard InChI is InChI=1S/C10H22N2O/c1-8(5-11)10(3,4)9(2)6-13-7-12/h9H,1,5-7,11-12H2,2-4H3/t9-/m1/s1. The molecule has 3 heteroatoms. The quantitative estimate of drug-likeness (QED) is 0.482. The van der Waals surface area contributed by atoms with Gasteiger partial charge in [-0.1, -0.05) is 32.9 Å². The SMILES string of the molecule is C=C(CN)C(C)(C)[C@H](C)COCN. The van der Waals surface area contributed by atoms with Crippen LogP contribution in [-0.2, 0) is 4.74 Å². The maximum atomic E-state index is 5.56. The van der Waals surface area contributed by atoms with E-state index in [1.54, 1.807) is 0 Å². The van der Waals surface area contributed by atoms with E-state index in [4.69, 9.17) is 16.2 Å². The van der Waals surface area contributed by atoms with Gasteiger partial charge in [0, 0.05) is 6.54 Å². The predicted molar refractivity (Wildman–Crippen MR) is 56.1 cm³/mol. The van der Waals surface area contributed by atoms with Gasteiger partial charge >= 0.3 is 0 Å². The summed E-state index contributed by atoms with van der Waals surface area (Å²) in [7, 11) is 0. The van der Waals surface area contributed by atoms with Crippen molar-refractivity contribution < 1.29 is 4.74 Å². The average molecular weight is 186 g/mol. The lowest BCUT2D eigenvalue weighted by molar-refractivity contribution is 0.0734. The van der Waals surface area contributed by atoms with Crippen LogP contribution in [0.5, 0.6) is 0 Å². The Morgan fingerprint density at radius 1 is 1.46 bits per heavy atom. The van der Waals surface area contributed by atoms with Crippen LogP contribution in [0, 0.1) is 11.3 Å². The van der Waals surface area contributed by atoms with Crippen molar-refractivity contribution in [2.24, 2.45) is 22.8 Å². The van der Waals surface area contributed by atoms with Crippen molar-refractivity contribution >= 4 is 0 Å². The first-order valence-corrected chi connectivity index (χ1v) is 4.63. The first-order valence-electron chi connectivity index (χ1n) is 4.63. The summed E-state index contributed by atoms with van der Waals surface area (Å²) in [5, 5.41) is 0. The number of hydrogen-bond donors (Lipinski definition) is 2. The van der Waals surface area contributed by atoms with Crippen LogP contribution in [0.15, 0.2) is 12.2 Å². The number of nitrogens with two attached hydrogens (primary N) is 2. The van der Waals surface area contributed by atoms with Gasteiger partial charge in [0.1, 0.15) is 0 Å². The Morgan fingerprint density at radius 2 is 2.00 bits per heavy atom. The summed E-state index contributed by atoms with van der Waals surface area (Å²) < 4.78 is 5.17. The van der Waals surface area contributed by atoms with Gasteiger partial charge in [0.25, 0.3) is 0 Å². The van der Waals surface area contributed by atoms with Crippen LogP contribution >= 0.6 is 0 Å². The van der Waals surface area contributed by atoms with Crippen molar-refractivity contribution in [1.82, 2.24) is 0 Å². The molecular weight excluding hydrogens is 164 g/mol. The Morgan fingerprint density at radius 3 is 2.38 bits per heavy atom. The molecule has 78 valence electrons. The van der Waals surface area contributed by atoms with Gasteiger partial charge in [-0.3, -0.25) is 0 Å². The Hall–Kier alpha value is -0.380. The third-order valence-electron chi connectivity index (χ3n) is 2.88. The molecule has 1 atom stereocenters. The molecule has 0 aliphatic rings. The van der Waals surface area contributed by atoms with E-state index in [1.807, 2.05) is 0 Å². The Labute approximate surface area is 81.1 Å². The number of ether oxygens (including phenoxy) is 1. The smallest absolute Gasteiger partial charge is 0.0940 e. The predicted octanol–water partition coefficient (Wildman–Crippen LogP) is 1.10. The van der Waals surface area contributed by atoms with Gasteiger partial charge in [0.15, 0.2) is 0 Å². The third kappa shape index (κ3) is 3.46. The number of hydrogen-bond acceptors (Lipinski definition) is 3. The molecule has 0 saturated heterocycles. The van der Waals surface area contributed by atoms with E-state index in [-0.39, 0.29) is 12.1 Å². The lowest BCUT2D eigenvalue weighted by atomic mass is 9.75. The highest BCUT2D eigenvalue weighted by molar-refractivity contribution is 5.09. The monoisotopic (exact) mass is 186 g/mol. The summed E-state index contributed by atoms with van der Waals surface area (Å²) in [6.07, 6.45) is 0. The van der Waals surface area contributed by atoms with Crippen molar-refractivity contribution in [3.05, 3.63) is 12.2 Å². The molecule has 0 saturated carbocycles. The van der Waals surface area contributed by atoms with Crippen molar-refractivity contribution in [3.8, 4) is 0 Å². The van der Waals surface area contributed by atoms with E-state index < -0.39 is 0 Å². The molecule has 0 bridgehead atoms. The zero-order chi connectivity index (χ0) is 10.5. The van der Waals surface area contributed by atoms with E-state index in [1.165, 1.54) is 0 Å². The normalized spacial score (nSPS) is 14.2. The van der Waals surface area contributed by atoms with Crippen LogP contribution in [0.2, 0.25) is 0 Å². The summed E-state index contributed by atoms with van der Waals surface area (Å²) in [5.41, 5.74) is 11.9. The van der Waals surface area contributed by atoms with Crippen LogP contribution < -0.4 is 11.5 Å². The molecule has 0 aromatic carbocycles.